The molecular formula is C37H73N2+. The van der Waals surface area contributed by atoms with Gasteiger partial charge in [-0.05, 0) is 32.1 Å². The molecule has 39 heavy (non-hydrogen) atoms. The van der Waals surface area contributed by atoms with E-state index in [1.165, 1.54) is 199 Å². The molecule has 2 heteroatoms. The molecule has 0 aliphatic rings. The molecule has 0 radical (unpaired) electrons. The number of aryl methyl sites for hydroxylation is 2. The molecule has 0 saturated carbocycles. The second-order valence-electron chi connectivity index (χ2n) is 12.7. The van der Waals surface area contributed by atoms with Crippen LogP contribution in [0, 0.1) is 0 Å². The van der Waals surface area contributed by atoms with Crippen LogP contribution in [0.15, 0.2) is 12.4 Å². The fourth-order valence-electron chi connectivity index (χ4n) is 6.15. The molecule has 230 valence electrons. The number of unbranched alkanes of at least 4 members (excludes halogenated alkanes) is 25. The second-order valence-corrected chi connectivity index (χ2v) is 12.7. The van der Waals surface area contributed by atoms with E-state index in [-0.39, 0.29) is 0 Å². The summed E-state index contributed by atoms with van der Waals surface area (Å²) in [6, 6.07) is 0. The van der Waals surface area contributed by atoms with E-state index in [1.807, 2.05) is 0 Å². The van der Waals surface area contributed by atoms with Gasteiger partial charge in [-0.3, -0.25) is 0 Å². The Balaban J connectivity index is 2.27. The minimum Gasteiger partial charge on any atom is -0.234 e. The normalized spacial score (nSPS) is 11.6. The van der Waals surface area contributed by atoms with Crippen LogP contribution >= 0.6 is 0 Å². The average Bonchev–Trinajstić information content (AvgIpc) is 3.33. The Morgan fingerprint density at radius 2 is 0.795 bits per heavy atom. The standard InChI is InChI=1S/C37H73N2/c1-4-7-10-13-16-18-19-20-21-23-25-28-31-34-39-36-35-38(33-30-27-15-12-9-6-3)37(39)32-29-26-24-22-17-14-11-8-5-2/h35-36H,4-34H2,1-3H3/q+1. The number of hydrogen-bond donors (Lipinski definition) is 0. The predicted molar refractivity (Wildman–Crippen MR) is 175 cm³/mol. The molecule has 1 heterocycles. The number of rotatable bonds is 31. The SMILES string of the molecule is CCCCCCCCCCCCCCC[n+]1ccn(CCCCCCCC)c1CCCCCCCCCCC. The summed E-state index contributed by atoms with van der Waals surface area (Å²) < 4.78 is 5.24. The van der Waals surface area contributed by atoms with Crippen LogP contribution in [0.4, 0.5) is 0 Å². The molecule has 0 N–H and O–H groups in total. The fourth-order valence-corrected chi connectivity index (χ4v) is 6.15. The Hall–Kier alpha value is -0.790. The van der Waals surface area contributed by atoms with Crippen LogP contribution in [-0.2, 0) is 19.5 Å². The molecule has 0 bridgehead atoms. The first-order valence-corrected chi connectivity index (χ1v) is 18.4. The summed E-state index contributed by atoms with van der Waals surface area (Å²) in [5.74, 6) is 1.62. The Morgan fingerprint density at radius 3 is 1.23 bits per heavy atom. The fraction of sp³-hybridized carbons (Fsp3) is 0.919. The molecule has 0 aromatic carbocycles. The molecule has 0 saturated heterocycles. The zero-order valence-corrected chi connectivity index (χ0v) is 27.5. The van der Waals surface area contributed by atoms with Crippen LogP contribution in [0.3, 0.4) is 0 Å². The molecule has 2 nitrogen and oxygen atoms in total. The molecule has 0 amide bonds. The zero-order chi connectivity index (χ0) is 28.1. The van der Waals surface area contributed by atoms with E-state index in [0.29, 0.717) is 0 Å². The predicted octanol–water partition coefficient (Wildman–Crippen LogP) is 12.3. The molecule has 0 fully saturated rings. The molecule has 0 unspecified atom stereocenters. The topological polar surface area (TPSA) is 8.81 Å². The van der Waals surface area contributed by atoms with Crippen molar-refractivity contribution in [3.63, 3.8) is 0 Å². The highest BCUT2D eigenvalue weighted by Gasteiger charge is 2.16. The summed E-state index contributed by atoms with van der Waals surface area (Å²) >= 11 is 0. The van der Waals surface area contributed by atoms with Crippen LogP contribution < -0.4 is 4.57 Å². The summed E-state index contributed by atoms with van der Waals surface area (Å²) in [7, 11) is 0. The molecule has 1 aromatic heterocycles. The summed E-state index contributed by atoms with van der Waals surface area (Å²) in [5.41, 5.74) is 0. The van der Waals surface area contributed by atoms with Crippen LogP contribution in [0.1, 0.15) is 206 Å². The summed E-state index contributed by atoms with van der Waals surface area (Å²) in [5, 5.41) is 0. The van der Waals surface area contributed by atoms with Crippen molar-refractivity contribution >= 4 is 0 Å². The van der Waals surface area contributed by atoms with Crippen molar-refractivity contribution in [3.8, 4) is 0 Å². The van der Waals surface area contributed by atoms with Gasteiger partial charge in [0, 0.05) is 6.42 Å². The molecule has 1 aromatic rings. The van der Waals surface area contributed by atoms with Crippen LogP contribution in [-0.4, -0.2) is 4.57 Å². The van der Waals surface area contributed by atoms with E-state index in [0.717, 1.165) is 0 Å². The van der Waals surface area contributed by atoms with E-state index < -0.39 is 0 Å². The summed E-state index contributed by atoms with van der Waals surface area (Å²) in [6.45, 7) is 9.39. The van der Waals surface area contributed by atoms with Crippen molar-refractivity contribution in [3.05, 3.63) is 18.2 Å². The molecule has 0 aliphatic heterocycles. The lowest BCUT2D eigenvalue weighted by Crippen LogP contribution is -2.37. The number of hydrogen-bond acceptors (Lipinski definition) is 0. The largest absolute Gasteiger partial charge is 0.256 e. The van der Waals surface area contributed by atoms with E-state index in [1.54, 1.807) is 5.82 Å². The van der Waals surface area contributed by atoms with Crippen molar-refractivity contribution in [1.82, 2.24) is 4.57 Å². The van der Waals surface area contributed by atoms with Gasteiger partial charge in [0.1, 0.15) is 12.4 Å². The number of nitrogens with zero attached hydrogens (tertiary/aromatic N) is 2. The lowest BCUT2D eigenvalue weighted by Gasteiger charge is -2.07. The van der Waals surface area contributed by atoms with Crippen molar-refractivity contribution in [2.45, 2.75) is 220 Å². The Morgan fingerprint density at radius 1 is 0.436 bits per heavy atom. The van der Waals surface area contributed by atoms with Gasteiger partial charge >= 0.3 is 0 Å². The van der Waals surface area contributed by atoms with Crippen LogP contribution in [0.5, 0.6) is 0 Å². The third-order valence-corrected chi connectivity index (χ3v) is 8.85. The highest BCUT2D eigenvalue weighted by molar-refractivity contribution is 4.84. The van der Waals surface area contributed by atoms with Gasteiger partial charge in [-0.15, -0.1) is 0 Å². The first-order chi connectivity index (χ1) is 19.3. The lowest BCUT2D eigenvalue weighted by molar-refractivity contribution is -0.704. The highest BCUT2D eigenvalue weighted by atomic mass is 15.1. The summed E-state index contributed by atoms with van der Waals surface area (Å²) in [6.07, 6.45) is 45.9. The monoisotopic (exact) mass is 546 g/mol. The van der Waals surface area contributed by atoms with Gasteiger partial charge in [-0.25, -0.2) is 9.13 Å². The van der Waals surface area contributed by atoms with Crippen molar-refractivity contribution < 1.29 is 4.57 Å². The molecule has 0 aliphatic carbocycles. The van der Waals surface area contributed by atoms with Gasteiger partial charge < -0.3 is 0 Å². The first-order valence-electron chi connectivity index (χ1n) is 18.4. The Labute approximate surface area is 247 Å². The third-order valence-electron chi connectivity index (χ3n) is 8.85. The smallest absolute Gasteiger partial charge is 0.234 e. The van der Waals surface area contributed by atoms with E-state index in [4.69, 9.17) is 0 Å². The van der Waals surface area contributed by atoms with Crippen molar-refractivity contribution in [1.29, 1.82) is 0 Å². The van der Waals surface area contributed by atoms with Gasteiger partial charge in [0.05, 0.1) is 13.1 Å². The second kappa shape index (κ2) is 28.7. The Bertz CT molecular complexity index is 605. The maximum absolute atomic E-state index is 2.63. The summed E-state index contributed by atoms with van der Waals surface area (Å²) in [4.78, 5) is 0. The van der Waals surface area contributed by atoms with Crippen LogP contribution in [0.2, 0.25) is 0 Å². The number of aromatic nitrogens is 2. The van der Waals surface area contributed by atoms with Gasteiger partial charge in [-0.2, -0.15) is 0 Å². The molecule has 1 rings (SSSR count). The van der Waals surface area contributed by atoms with E-state index >= 15 is 0 Å². The third kappa shape index (κ3) is 21.6. The van der Waals surface area contributed by atoms with Gasteiger partial charge in [0.2, 0.25) is 0 Å². The quantitative estimate of drug-likeness (QED) is 0.0648. The van der Waals surface area contributed by atoms with Crippen LogP contribution in [0.25, 0.3) is 0 Å². The van der Waals surface area contributed by atoms with E-state index in [9.17, 15) is 0 Å². The minimum atomic E-state index is 1.23. The molecular weight excluding hydrogens is 472 g/mol. The zero-order valence-electron chi connectivity index (χ0n) is 27.5. The molecule has 0 atom stereocenters. The number of imidazole rings is 1. The minimum absolute atomic E-state index is 1.23. The molecule has 0 spiro atoms. The average molecular weight is 546 g/mol. The van der Waals surface area contributed by atoms with Gasteiger partial charge in [-0.1, -0.05) is 168 Å². The van der Waals surface area contributed by atoms with E-state index in [2.05, 4.69) is 42.3 Å². The van der Waals surface area contributed by atoms with Gasteiger partial charge in [0.15, 0.2) is 0 Å². The maximum atomic E-state index is 2.63. The highest BCUT2D eigenvalue weighted by Crippen LogP contribution is 2.14. The van der Waals surface area contributed by atoms with Crippen molar-refractivity contribution in [2.24, 2.45) is 0 Å². The van der Waals surface area contributed by atoms with Crippen molar-refractivity contribution in [2.75, 3.05) is 0 Å². The maximum Gasteiger partial charge on any atom is 0.256 e. The van der Waals surface area contributed by atoms with Gasteiger partial charge in [0.25, 0.3) is 5.82 Å². The first kappa shape index (κ1) is 36.2. The lowest BCUT2D eigenvalue weighted by atomic mass is 10.0. The Kier molecular flexibility index (Phi) is 26.7.